The third-order valence-corrected chi connectivity index (χ3v) is 6.81. The molecule has 2 saturated carbocycles. The minimum Gasteiger partial charge on any atom is -0.339 e. The third kappa shape index (κ3) is 5.12. The van der Waals surface area contributed by atoms with Gasteiger partial charge in [-0.05, 0) is 92.8 Å². The molecular weight excluding hydrogens is 337 g/mol. The van der Waals surface area contributed by atoms with Crippen LogP contribution in [0.1, 0.15) is 78.6 Å². The van der Waals surface area contributed by atoms with Gasteiger partial charge in [0.2, 0.25) is 0 Å². The summed E-state index contributed by atoms with van der Waals surface area (Å²) in [6, 6.07) is 0. The fourth-order valence-corrected chi connectivity index (χ4v) is 4.62. The zero-order valence-electron chi connectivity index (χ0n) is 17.5. The van der Waals surface area contributed by atoms with Crippen LogP contribution in [0.2, 0.25) is 0 Å². The van der Waals surface area contributed by atoms with Gasteiger partial charge in [-0.15, -0.1) is 0 Å². The van der Waals surface area contributed by atoms with Gasteiger partial charge in [-0.1, -0.05) is 26.8 Å². The second kappa shape index (κ2) is 8.32. The van der Waals surface area contributed by atoms with Crippen molar-refractivity contribution in [3.05, 3.63) is 35.2 Å². The summed E-state index contributed by atoms with van der Waals surface area (Å²) < 4.78 is 15.1. The van der Waals surface area contributed by atoms with Crippen molar-refractivity contribution >= 4 is 5.91 Å². The molecule has 3 rings (SSSR count). The highest BCUT2D eigenvalue weighted by Gasteiger charge is 2.33. The molecule has 0 radical (unpaired) electrons. The van der Waals surface area contributed by atoms with E-state index < -0.39 is 0 Å². The molecule has 3 heteroatoms. The molecule has 27 heavy (non-hydrogen) atoms. The average molecular weight is 374 g/mol. The Morgan fingerprint density at radius 2 is 1.70 bits per heavy atom. The van der Waals surface area contributed by atoms with Gasteiger partial charge in [-0.2, -0.15) is 0 Å². The van der Waals surface area contributed by atoms with Crippen molar-refractivity contribution in [2.45, 2.75) is 78.6 Å². The van der Waals surface area contributed by atoms with E-state index in [1.54, 1.807) is 17.9 Å². The van der Waals surface area contributed by atoms with E-state index >= 15 is 4.39 Å². The first-order valence-corrected chi connectivity index (χ1v) is 10.8. The lowest BCUT2D eigenvalue weighted by Gasteiger charge is -2.24. The molecule has 3 aliphatic rings. The van der Waals surface area contributed by atoms with Crippen LogP contribution in [0.25, 0.3) is 0 Å². The molecule has 1 saturated heterocycles. The van der Waals surface area contributed by atoms with E-state index in [0.29, 0.717) is 17.3 Å². The molecule has 1 aliphatic heterocycles. The summed E-state index contributed by atoms with van der Waals surface area (Å²) in [5.41, 5.74) is 2.83. The predicted octanol–water partition coefficient (Wildman–Crippen LogP) is 6.35. The minimum atomic E-state index is -0.354. The highest BCUT2D eigenvalue weighted by atomic mass is 19.1. The first kappa shape index (κ1) is 20.4. The first-order chi connectivity index (χ1) is 12.8. The van der Waals surface area contributed by atoms with Crippen LogP contribution in [0, 0.1) is 17.3 Å². The van der Waals surface area contributed by atoms with E-state index in [4.69, 9.17) is 0 Å². The smallest absolute Gasteiger partial charge is 0.252 e. The van der Waals surface area contributed by atoms with Crippen molar-refractivity contribution in [1.82, 2.24) is 4.90 Å². The highest BCUT2D eigenvalue weighted by molar-refractivity contribution is 5.93. The summed E-state index contributed by atoms with van der Waals surface area (Å²) in [6.45, 7) is 12.2. The first-order valence-electron chi connectivity index (χ1n) is 10.8. The summed E-state index contributed by atoms with van der Waals surface area (Å²) in [4.78, 5) is 14.4. The molecule has 1 atom stereocenters. The second-order valence-electron chi connectivity index (χ2n) is 9.66. The summed E-state index contributed by atoms with van der Waals surface area (Å²) in [6.07, 6.45) is 11.9. The number of hydrogen-bond donors (Lipinski definition) is 0. The Balaban J connectivity index is 1.84. The van der Waals surface area contributed by atoms with Gasteiger partial charge in [0.15, 0.2) is 0 Å². The van der Waals surface area contributed by atoms with Crippen LogP contribution >= 0.6 is 0 Å². The molecule has 2 nitrogen and oxygen atoms in total. The van der Waals surface area contributed by atoms with E-state index in [0.717, 1.165) is 49.9 Å². The Hall–Kier alpha value is -1.38. The number of likely N-dealkylation sites (tertiary alicyclic amines) is 1. The van der Waals surface area contributed by atoms with Gasteiger partial charge in [0.25, 0.3) is 5.91 Å². The van der Waals surface area contributed by atoms with Crippen molar-refractivity contribution in [2.75, 3.05) is 13.1 Å². The standard InChI is InChI=1S/C24H36FNO/c1-17(19-9-10-19)21(20-8-7-12-24(3,4)13-11-20)16-22(25)18(2)23(27)26-14-5-6-15-26/h16,19-20H,1,5-15H2,2-4H3/b21-16+,22-18-. The van der Waals surface area contributed by atoms with E-state index in [2.05, 4.69) is 20.4 Å². The maximum Gasteiger partial charge on any atom is 0.252 e. The van der Waals surface area contributed by atoms with Gasteiger partial charge in [0.1, 0.15) is 5.83 Å². The van der Waals surface area contributed by atoms with Gasteiger partial charge < -0.3 is 4.90 Å². The monoisotopic (exact) mass is 373 g/mol. The Bertz CT molecular complexity index is 647. The van der Waals surface area contributed by atoms with Crippen molar-refractivity contribution in [2.24, 2.45) is 17.3 Å². The lowest BCUT2D eigenvalue weighted by molar-refractivity contribution is -0.126. The van der Waals surface area contributed by atoms with Crippen LogP contribution in [0.5, 0.6) is 0 Å². The topological polar surface area (TPSA) is 20.3 Å². The molecule has 2 aliphatic carbocycles. The lowest BCUT2D eigenvalue weighted by atomic mass is 9.82. The Kier molecular flexibility index (Phi) is 6.28. The van der Waals surface area contributed by atoms with Crippen molar-refractivity contribution in [3.63, 3.8) is 0 Å². The molecule has 0 aromatic carbocycles. The Labute approximate surface area is 164 Å². The summed E-state index contributed by atoms with van der Waals surface area (Å²) in [5.74, 6) is 0.405. The van der Waals surface area contributed by atoms with Gasteiger partial charge in [0, 0.05) is 18.7 Å². The number of amides is 1. The molecule has 150 valence electrons. The average Bonchev–Trinajstić information content (AvgIpc) is 3.38. The van der Waals surface area contributed by atoms with Crippen LogP contribution in [-0.4, -0.2) is 23.9 Å². The van der Waals surface area contributed by atoms with E-state index in [9.17, 15) is 4.79 Å². The molecule has 0 aromatic heterocycles. The van der Waals surface area contributed by atoms with E-state index in [-0.39, 0.29) is 17.3 Å². The van der Waals surface area contributed by atoms with Crippen LogP contribution in [0.15, 0.2) is 35.2 Å². The Morgan fingerprint density at radius 1 is 1.04 bits per heavy atom. The van der Waals surface area contributed by atoms with Crippen LogP contribution in [0.4, 0.5) is 4.39 Å². The highest BCUT2D eigenvalue weighted by Crippen LogP contribution is 2.46. The largest absolute Gasteiger partial charge is 0.339 e. The number of allylic oxidation sites excluding steroid dienone is 4. The molecule has 3 fully saturated rings. The predicted molar refractivity (Wildman–Crippen MR) is 110 cm³/mol. The van der Waals surface area contributed by atoms with Crippen LogP contribution < -0.4 is 0 Å². The molecule has 1 heterocycles. The fraction of sp³-hybridized carbons (Fsp3) is 0.708. The minimum absolute atomic E-state index is 0.139. The molecule has 0 spiro atoms. The molecule has 1 amide bonds. The second-order valence-corrected chi connectivity index (χ2v) is 9.66. The molecule has 0 aromatic rings. The van der Waals surface area contributed by atoms with Crippen molar-refractivity contribution < 1.29 is 9.18 Å². The molecule has 0 bridgehead atoms. The summed E-state index contributed by atoms with van der Waals surface area (Å²) in [5, 5.41) is 0. The van der Waals surface area contributed by atoms with Crippen molar-refractivity contribution in [1.29, 1.82) is 0 Å². The maximum atomic E-state index is 15.1. The zero-order chi connectivity index (χ0) is 19.6. The normalized spacial score (nSPS) is 27.2. The quantitative estimate of drug-likeness (QED) is 0.312. The molecular formula is C24H36FNO. The summed E-state index contributed by atoms with van der Waals surface area (Å²) >= 11 is 0. The van der Waals surface area contributed by atoms with E-state index in [1.165, 1.54) is 32.1 Å². The lowest BCUT2D eigenvalue weighted by Crippen LogP contribution is -2.28. The number of rotatable bonds is 5. The van der Waals surface area contributed by atoms with Gasteiger partial charge in [0.05, 0.1) is 0 Å². The number of halogens is 1. The molecule has 1 unspecified atom stereocenters. The summed E-state index contributed by atoms with van der Waals surface area (Å²) in [7, 11) is 0. The Morgan fingerprint density at radius 3 is 2.33 bits per heavy atom. The third-order valence-electron chi connectivity index (χ3n) is 6.81. The van der Waals surface area contributed by atoms with Crippen LogP contribution in [-0.2, 0) is 4.79 Å². The van der Waals surface area contributed by atoms with E-state index in [1.807, 2.05) is 0 Å². The SMILES string of the molecule is C=C(/C(=C\C(F)=C(/C)C(=O)N1CCCC1)C1CCCC(C)(C)CC1)C1CC1. The number of carbonyl (C=O) groups excluding carboxylic acids is 1. The van der Waals surface area contributed by atoms with Gasteiger partial charge in [-0.25, -0.2) is 4.39 Å². The zero-order valence-corrected chi connectivity index (χ0v) is 17.5. The molecule has 0 N–H and O–H groups in total. The van der Waals surface area contributed by atoms with Gasteiger partial charge in [-0.3, -0.25) is 4.79 Å². The number of nitrogens with zero attached hydrogens (tertiary/aromatic N) is 1. The van der Waals surface area contributed by atoms with Crippen LogP contribution in [0.3, 0.4) is 0 Å². The van der Waals surface area contributed by atoms with Crippen molar-refractivity contribution in [3.8, 4) is 0 Å². The fourth-order valence-electron chi connectivity index (χ4n) is 4.62. The number of hydrogen-bond acceptors (Lipinski definition) is 1. The number of carbonyl (C=O) groups is 1. The van der Waals surface area contributed by atoms with Gasteiger partial charge >= 0.3 is 0 Å². The maximum absolute atomic E-state index is 15.1.